The van der Waals surface area contributed by atoms with Crippen molar-refractivity contribution in [2.45, 2.75) is 19.3 Å². The summed E-state index contributed by atoms with van der Waals surface area (Å²) < 4.78 is 5.13. The van der Waals surface area contributed by atoms with Crippen LogP contribution in [0.1, 0.15) is 25.9 Å². The molecule has 0 saturated carbocycles. The molecule has 0 spiro atoms. The molecule has 1 aromatic carbocycles. The molecule has 0 aliphatic carbocycles. The van der Waals surface area contributed by atoms with Gasteiger partial charge >= 0.3 is 0 Å². The maximum Gasteiger partial charge on any atom is 0.277 e. The first-order valence-corrected chi connectivity index (χ1v) is 8.57. The Hall–Kier alpha value is -2.41. The lowest BCUT2D eigenvalue weighted by Gasteiger charge is -2.20. The third-order valence-electron chi connectivity index (χ3n) is 4.08. The molecule has 0 unspecified atom stereocenters. The Labute approximate surface area is 144 Å². The van der Waals surface area contributed by atoms with Crippen LogP contribution in [-0.2, 0) is 24.1 Å². The zero-order chi connectivity index (χ0) is 17.1. The van der Waals surface area contributed by atoms with Gasteiger partial charge in [-0.15, -0.1) is 11.3 Å². The molecule has 0 saturated heterocycles. The molecular formula is C17H19N3O3S. The highest BCUT2D eigenvalue weighted by Crippen LogP contribution is 2.23. The first kappa shape index (κ1) is 16.4. The average Bonchev–Trinajstić information content (AvgIpc) is 2.89. The number of carbonyl (C=O) groups is 2. The summed E-state index contributed by atoms with van der Waals surface area (Å²) in [6.45, 7) is 1.26. The highest BCUT2D eigenvalue weighted by atomic mass is 32.1. The topological polar surface area (TPSA) is 85.5 Å². The number of benzene rings is 1. The van der Waals surface area contributed by atoms with Gasteiger partial charge in [0.1, 0.15) is 5.75 Å². The molecule has 6 nitrogen and oxygen atoms in total. The monoisotopic (exact) mass is 345 g/mol. The summed E-state index contributed by atoms with van der Waals surface area (Å²) in [4.78, 5) is 31.0. The van der Waals surface area contributed by atoms with Crippen LogP contribution in [0.3, 0.4) is 0 Å². The van der Waals surface area contributed by atoms with Crippen LogP contribution in [0.25, 0.3) is 0 Å². The molecular weight excluding hydrogens is 326 g/mol. The highest BCUT2D eigenvalue weighted by molar-refractivity contribution is 7.13. The second kappa shape index (κ2) is 7.00. The fourth-order valence-corrected chi connectivity index (χ4v) is 3.70. The predicted molar refractivity (Wildman–Crippen MR) is 91.3 cm³/mol. The molecule has 3 rings (SSSR count). The minimum absolute atomic E-state index is 0.102. The number of thiazole rings is 1. The first-order chi connectivity index (χ1) is 11.6. The quantitative estimate of drug-likeness (QED) is 0.908. The lowest BCUT2D eigenvalue weighted by Crippen LogP contribution is -2.34. The summed E-state index contributed by atoms with van der Waals surface area (Å²) in [6, 6.07) is 7.54. The van der Waals surface area contributed by atoms with Crippen LogP contribution in [0.5, 0.6) is 5.75 Å². The largest absolute Gasteiger partial charge is 0.497 e. The van der Waals surface area contributed by atoms with Crippen molar-refractivity contribution in [3.05, 3.63) is 45.4 Å². The number of ether oxygens (including phenoxy) is 1. The molecule has 0 fully saturated rings. The van der Waals surface area contributed by atoms with Crippen molar-refractivity contribution in [1.29, 1.82) is 0 Å². The molecule has 0 radical (unpaired) electrons. The van der Waals surface area contributed by atoms with Gasteiger partial charge in [0.2, 0.25) is 5.91 Å². The van der Waals surface area contributed by atoms with Gasteiger partial charge in [0.15, 0.2) is 5.01 Å². The number of hydrogen-bond acceptors (Lipinski definition) is 5. The summed E-state index contributed by atoms with van der Waals surface area (Å²) in [5.41, 5.74) is 7.15. The van der Waals surface area contributed by atoms with Crippen molar-refractivity contribution in [1.82, 2.24) is 9.88 Å². The summed E-state index contributed by atoms with van der Waals surface area (Å²) in [7, 11) is 1.62. The van der Waals surface area contributed by atoms with Gasteiger partial charge in [-0.25, -0.2) is 4.98 Å². The summed E-state index contributed by atoms with van der Waals surface area (Å²) in [5, 5.41) is 0.359. The number of primary amides is 1. The lowest BCUT2D eigenvalue weighted by atomic mass is 10.1. The minimum atomic E-state index is -0.486. The molecule has 1 aromatic heterocycles. The molecule has 7 heteroatoms. The van der Waals surface area contributed by atoms with Gasteiger partial charge in [-0.3, -0.25) is 9.59 Å². The Bertz CT molecular complexity index is 729. The van der Waals surface area contributed by atoms with Crippen LogP contribution in [0.2, 0.25) is 0 Å². The third kappa shape index (κ3) is 3.56. The fraction of sp³-hybridized carbons (Fsp3) is 0.353. The smallest absolute Gasteiger partial charge is 0.277 e. The van der Waals surface area contributed by atoms with Crippen LogP contribution in [0.4, 0.5) is 0 Å². The van der Waals surface area contributed by atoms with Crippen molar-refractivity contribution in [2.75, 3.05) is 20.2 Å². The molecule has 24 heavy (non-hydrogen) atoms. The summed E-state index contributed by atoms with van der Waals surface area (Å²) in [6.07, 6.45) is 1.75. The fourth-order valence-electron chi connectivity index (χ4n) is 2.75. The van der Waals surface area contributed by atoms with E-state index in [-0.39, 0.29) is 5.91 Å². The van der Waals surface area contributed by atoms with E-state index in [2.05, 4.69) is 4.98 Å². The number of hydrogen-bond donors (Lipinski definition) is 1. The average molecular weight is 345 g/mol. The van der Waals surface area contributed by atoms with Crippen LogP contribution in [-0.4, -0.2) is 41.9 Å². The van der Waals surface area contributed by atoms with E-state index in [1.165, 1.54) is 11.3 Å². The lowest BCUT2D eigenvalue weighted by molar-refractivity contribution is -0.130. The highest BCUT2D eigenvalue weighted by Gasteiger charge is 2.22. The van der Waals surface area contributed by atoms with Crippen LogP contribution in [0.15, 0.2) is 24.3 Å². The third-order valence-corrected chi connectivity index (χ3v) is 5.26. The Morgan fingerprint density at radius 1 is 1.25 bits per heavy atom. The second-order valence-electron chi connectivity index (χ2n) is 5.66. The van der Waals surface area contributed by atoms with Gasteiger partial charge < -0.3 is 15.4 Å². The summed E-state index contributed by atoms with van der Waals surface area (Å²) >= 11 is 1.34. The number of nitrogens with zero attached hydrogens (tertiary/aromatic N) is 2. The number of methoxy groups -OCH3 is 1. The number of carbonyl (C=O) groups excluding carboxylic acids is 2. The van der Waals surface area contributed by atoms with Gasteiger partial charge in [0.05, 0.1) is 19.2 Å². The van der Waals surface area contributed by atoms with Crippen molar-refractivity contribution >= 4 is 23.2 Å². The van der Waals surface area contributed by atoms with Gasteiger partial charge in [-0.2, -0.15) is 0 Å². The molecule has 2 N–H and O–H groups in total. The molecule has 126 valence electrons. The van der Waals surface area contributed by atoms with E-state index < -0.39 is 5.91 Å². The van der Waals surface area contributed by atoms with Crippen molar-refractivity contribution < 1.29 is 14.3 Å². The molecule has 0 bridgehead atoms. The molecule has 1 aliphatic heterocycles. The number of amides is 2. The number of rotatable bonds is 4. The molecule has 2 heterocycles. The number of fused-ring (bicyclic) bond motifs is 1. The zero-order valence-corrected chi connectivity index (χ0v) is 14.3. The van der Waals surface area contributed by atoms with E-state index in [4.69, 9.17) is 10.5 Å². The Morgan fingerprint density at radius 2 is 1.96 bits per heavy atom. The van der Waals surface area contributed by atoms with E-state index in [0.717, 1.165) is 21.9 Å². The van der Waals surface area contributed by atoms with Gasteiger partial charge in [-0.1, -0.05) is 12.1 Å². The molecule has 2 aromatic rings. The van der Waals surface area contributed by atoms with Crippen molar-refractivity contribution in [3.63, 3.8) is 0 Å². The van der Waals surface area contributed by atoms with Gasteiger partial charge in [0.25, 0.3) is 5.91 Å². The van der Waals surface area contributed by atoms with E-state index in [1.807, 2.05) is 29.2 Å². The second-order valence-corrected chi connectivity index (χ2v) is 6.74. The van der Waals surface area contributed by atoms with E-state index in [1.54, 1.807) is 7.11 Å². The zero-order valence-electron chi connectivity index (χ0n) is 13.4. The predicted octanol–water partition coefficient (Wildman–Crippen LogP) is 1.42. The molecule has 2 amide bonds. The number of nitrogens with two attached hydrogens (primary N) is 1. The van der Waals surface area contributed by atoms with Gasteiger partial charge in [-0.05, 0) is 17.7 Å². The molecule has 0 atom stereocenters. The maximum absolute atomic E-state index is 12.5. The minimum Gasteiger partial charge on any atom is -0.497 e. The first-order valence-electron chi connectivity index (χ1n) is 7.76. The maximum atomic E-state index is 12.5. The Morgan fingerprint density at radius 3 is 2.62 bits per heavy atom. The van der Waals surface area contributed by atoms with E-state index in [0.29, 0.717) is 37.4 Å². The Balaban J connectivity index is 1.62. The standard InChI is InChI=1S/C17H19N3O3S/c1-23-12-4-2-11(3-5-12)10-15(21)20-8-6-13-14(7-9-20)24-17(19-13)16(18)22/h2-5H,6-10H2,1H3,(H2,18,22). The summed E-state index contributed by atoms with van der Waals surface area (Å²) in [5.74, 6) is 0.396. The van der Waals surface area contributed by atoms with Crippen LogP contribution < -0.4 is 10.5 Å². The van der Waals surface area contributed by atoms with Crippen molar-refractivity contribution in [2.24, 2.45) is 5.73 Å². The van der Waals surface area contributed by atoms with Crippen LogP contribution >= 0.6 is 11.3 Å². The van der Waals surface area contributed by atoms with E-state index in [9.17, 15) is 9.59 Å². The van der Waals surface area contributed by atoms with Crippen LogP contribution in [0, 0.1) is 0 Å². The van der Waals surface area contributed by atoms with Gasteiger partial charge in [0, 0.05) is 30.8 Å². The van der Waals surface area contributed by atoms with Crippen molar-refractivity contribution in [3.8, 4) is 5.75 Å². The molecule has 1 aliphatic rings. The SMILES string of the molecule is COc1ccc(CC(=O)N2CCc3nc(C(N)=O)sc3CC2)cc1. The normalized spacial score (nSPS) is 14.0. The van der Waals surface area contributed by atoms with E-state index >= 15 is 0 Å². The Kier molecular flexibility index (Phi) is 4.80. The number of aromatic nitrogens is 1.